The number of aromatic nitrogens is 2. The van der Waals surface area contributed by atoms with E-state index in [0.717, 1.165) is 43.1 Å². The third kappa shape index (κ3) is 4.93. The van der Waals surface area contributed by atoms with Crippen molar-refractivity contribution in [3.8, 4) is 0 Å². The Kier molecular flexibility index (Phi) is 6.06. The molecule has 1 aliphatic heterocycles. The molecule has 6 heteroatoms. The van der Waals surface area contributed by atoms with Crippen molar-refractivity contribution in [2.75, 3.05) is 18.4 Å². The van der Waals surface area contributed by atoms with E-state index in [1.54, 1.807) is 6.20 Å². The highest BCUT2D eigenvalue weighted by Gasteiger charge is 2.20. The maximum Gasteiger partial charge on any atom is 0.226 e. The summed E-state index contributed by atoms with van der Waals surface area (Å²) in [6, 6.07) is 7.95. The van der Waals surface area contributed by atoms with Gasteiger partial charge in [0.15, 0.2) is 0 Å². The number of nitrogens with one attached hydrogen (secondary N) is 1. The maximum atomic E-state index is 12.3. The molecule has 1 amide bonds. The van der Waals surface area contributed by atoms with Crippen LogP contribution >= 0.6 is 0 Å². The van der Waals surface area contributed by atoms with E-state index < -0.39 is 0 Å². The van der Waals surface area contributed by atoms with Crippen LogP contribution in [-0.4, -0.2) is 44.7 Å². The lowest BCUT2D eigenvalue weighted by atomic mass is 10.2. The van der Waals surface area contributed by atoms with Crippen molar-refractivity contribution in [1.29, 1.82) is 0 Å². The molecule has 0 spiro atoms. The Labute approximate surface area is 154 Å². The highest BCUT2D eigenvalue weighted by atomic mass is 16.3. The molecule has 0 unspecified atom stereocenters. The van der Waals surface area contributed by atoms with Crippen LogP contribution in [0, 0.1) is 0 Å². The van der Waals surface area contributed by atoms with E-state index in [1.807, 2.05) is 29.0 Å². The van der Waals surface area contributed by atoms with Crippen molar-refractivity contribution in [2.24, 2.45) is 0 Å². The molecule has 2 N–H and O–H groups in total. The highest BCUT2D eigenvalue weighted by molar-refractivity contribution is 5.90. The van der Waals surface area contributed by atoms with Crippen LogP contribution in [-0.2, 0) is 17.9 Å². The van der Waals surface area contributed by atoms with Crippen LogP contribution in [0.4, 0.5) is 5.69 Å². The molecular formula is C20H28N4O2. The molecule has 1 atom stereocenters. The van der Waals surface area contributed by atoms with Gasteiger partial charge in [-0.25, -0.2) is 4.98 Å². The smallest absolute Gasteiger partial charge is 0.226 e. The topological polar surface area (TPSA) is 70.4 Å². The molecule has 140 valence electrons. The number of benzene rings is 1. The fourth-order valence-corrected chi connectivity index (χ4v) is 3.42. The van der Waals surface area contributed by atoms with Crippen molar-refractivity contribution in [2.45, 2.75) is 51.8 Å². The van der Waals surface area contributed by atoms with Crippen molar-refractivity contribution >= 4 is 11.6 Å². The number of hydrogen-bond acceptors (Lipinski definition) is 4. The molecule has 2 heterocycles. The second kappa shape index (κ2) is 8.47. The predicted octanol–water partition coefficient (Wildman–Crippen LogP) is 2.60. The lowest BCUT2D eigenvalue weighted by Gasteiger charge is -2.16. The average molecular weight is 356 g/mol. The number of carbonyl (C=O) groups is 1. The van der Waals surface area contributed by atoms with Crippen LogP contribution in [0.2, 0.25) is 0 Å². The van der Waals surface area contributed by atoms with Gasteiger partial charge in [-0.2, -0.15) is 0 Å². The van der Waals surface area contributed by atoms with Crippen LogP contribution in [0.15, 0.2) is 36.7 Å². The molecule has 0 bridgehead atoms. The quantitative estimate of drug-likeness (QED) is 0.800. The van der Waals surface area contributed by atoms with E-state index in [0.29, 0.717) is 18.9 Å². The lowest BCUT2D eigenvalue weighted by molar-refractivity contribution is -0.116. The summed E-state index contributed by atoms with van der Waals surface area (Å²) in [5, 5.41) is 12.6. The number of hydrogen-bond donors (Lipinski definition) is 2. The number of likely N-dealkylation sites (tertiary alicyclic amines) is 1. The number of rotatable bonds is 7. The van der Waals surface area contributed by atoms with Gasteiger partial charge in [0.05, 0.1) is 6.10 Å². The molecule has 0 aliphatic carbocycles. The summed E-state index contributed by atoms with van der Waals surface area (Å²) in [5.74, 6) is 1.35. The first-order valence-electron chi connectivity index (χ1n) is 9.31. The first kappa shape index (κ1) is 18.6. The van der Waals surface area contributed by atoms with Gasteiger partial charge in [-0.05, 0) is 24.1 Å². The summed E-state index contributed by atoms with van der Waals surface area (Å²) in [4.78, 5) is 18.9. The minimum Gasteiger partial charge on any atom is -0.392 e. The summed E-state index contributed by atoms with van der Waals surface area (Å²) < 4.78 is 2.04. The minimum atomic E-state index is -0.211. The normalized spacial score (nSPS) is 17.8. The predicted molar refractivity (Wildman–Crippen MR) is 102 cm³/mol. The Bertz CT molecular complexity index is 741. The SMILES string of the molecule is CC(C)c1nccn1CCC(=O)Nc1cccc(CN2CC[C@@H](O)C2)c1. The van der Waals surface area contributed by atoms with Crippen molar-refractivity contribution in [3.63, 3.8) is 0 Å². The number of aryl methyl sites for hydroxylation is 1. The van der Waals surface area contributed by atoms with Gasteiger partial charge in [0, 0.05) is 56.6 Å². The Morgan fingerprint density at radius 3 is 3.00 bits per heavy atom. The molecule has 6 nitrogen and oxygen atoms in total. The largest absolute Gasteiger partial charge is 0.392 e. The van der Waals surface area contributed by atoms with E-state index in [9.17, 15) is 9.90 Å². The maximum absolute atomic E-state index is 12.3. The van der Waals surface area contributed by atoms with Gasteiger partial charge in [-0.15, -0.1) is 0 Å². The van der Waals surface area contributed by atoms with Crippen molar-refractivity contribution in [1.82, 2.24) is 14.5 Å². The molecule has 1 saturated heterocycles. The fourth-order valence-electron chi connectivity index (χ4n) is 3.42. The average Bonchev–Trinajstić information content (AvgIpc) is 3.22. The van der Waals surface area contributed by atoms with Gasteiger partial charge in [0.25, 0.3) is 0 Å². The van der Waals surface area contributed by atoms with Crippen LogP contribution in [0.1, 0.15) is 44.0 Å². The fraction of sp³-hybridized carbons (Fsp3) is 0.500. The number of β-amino-alcohol motifs (C(OH)–C–C–N with tert-alkyl or cyclic N) is 1. The first-order chi connectivity index (χ1) is 12.5. The third-order valence-electron chi connectivity index (χ3n) is 4.71. The lowest BCUT2D eigenvalue weighted by Crippen LogP contribution is -2.21. The van der Waals surface area contributed by atoms with Gasteiger partial charge in [-0.1, -0.05) is 26.0 Å². The zero-order chi connectivity index (χ0) is 18.5. The van der Waals surface area contributed by atoms with Gasteiger partial charge >= 0.3 is 0 Å². The van der Waals surface area contributed by atoms with E-state index in [-0.39, 0.29) is 12.0 Å². The summed E-state index contributed by atoms with van der Waals surface area (Å²) >= 11 is 0. The van der Waals surface area contributed by atoms with Crippen LogP contribution in [0.5, 0.6) is 0 Å². The third-order valence-corrected chi connectivity index (χ3v) is 4.71. The summed E-state index contributed by atoms with van der Waals surface area (Å²) in [6.45, 7) is 7.27. The summed E-state index contributed by atoms with van der Waals surface area (Å²) in [6.07, 6.45) is 4.75. The Balaban J connectivity index is 1.52. The second-order valence-corrected chi connectivity index (χ2v) is 7.31. The number of amides is 1. The number of imidazole rings is 1. The van der Waals surface area contributed by atoms with Crippen LogP contribution in [0.3, 0.4) is 0 Å². The summed E-state index contributed by atoms with van der Waals surface area (Å²) in [5.41, 5.74) is 1.97. The Morgan fingerprint density at radius 1 is 1.42 bits per heavy atom. The van der Waals surface area contributed by atoms with Gasteiger partial charge in [-0.3, -0.25) is 9.69 Å². The molecule has 1 aliphatic rings. The Morgan fingerprint density at radius 2 is 2.27 bits per heavy atom. The van der Waals surface area contributed by atoms with Crippen molar-refractivity contribution in [3.05, 3.63) is 48.0 Å². The second-order valence-electron chi connectivity index (χ2n) is 7.31. The number of aliphatic hydroxyl groups is 1. The zero-order valence-electron chi connectivity index (χ0n) is 15.6. The van der Waals surface area contributed by atoms with Crippen molar-refractivity contribution < 1.29 is 9.90 Å². The van der Waals surface area contributed by atoms with E-state index >= 15 is 0 Å². The standard InChI is InChI=1S/C20H28N4O2/c1-15(2)20-21-8-11-24(20)10-7-19(26)22-17-5-3-4-16(12-17)13-23-9-6-18(25)14-23/h3-5,8,11-12,15,18,25H,6-7,9-10,13-14H2,1-2H3,(H,22,26)/t18-/m1/s1. The monoisotopic (exact) mass is 356 g/mol. The molecule has 0 radical (unpaired) electrons. The minimum absolute atomic E-state index is 0.00199. The molecule has 0 saturated carbocycles. The molecule has 1 aromatic carbocycles. The van der Waals surface area contributed by atoms with Gasteiger partial charge < -0.3 is 15.0 Å². The molecule has 26 heavy (non-hydrogen) atoms. The molecule has 3 rings (SSSR count). The molecule has 1 aromatic heterocycles. The molecule has 1 fully saturated rings. The number of anilines is 1. The van der Waals surface area contributed by atoms with Crippen LogP contribution in [0.25, 0.3) is 0 Å². The zero-order valence-corrected chi connectivity index (χ0v) is 15.6. The highest BCUT2D eigenvalue weighted by Crippen LogP contribution is 2.17. The molecule has 2 aromatic rings. The van der Waals surface area contributed by atoms with E-state index in [4.69, 9.17) is 0 Å². The number of aliphatic hydroxyl groups excluding tert-OH is 1. The Hall–Kier alpha value is -2.18. The van der Waals surface area contributed by atoms with Crippen LogP contribution < -0.4 is 5.32 Å². The molecular weight excluding hydrogens is 328 g/mol. The summed E-state index contributed by atoms with van der Waals surface area (Å²) in [7, 11) is 0. The van der Waals surface area contributed by atoms with E-state index in [2.05, 4.69) is 35.1 Å². The van der Waals surface area contributed by atoms with Gasteiger partial charge in [0.2, 0.25) is 5.91 Å². The number of nitrogens with zero attached hydrogens (tertiary/aromatic N) is 3. The first-order valence-corrected chi connectivity index (χ1v) is 9.31. The van der Waals surface area contributed by atoms with E-state index in [1.165, 1.54) is 0 Å². The van der Waals surface area contributed by atoms with Gasteiger partial charge in [0.1, 0.15) is 5.82 Å². The number of carbonyl (C=O) groups excluding carboxylic acids is 1.